The second-order valence-electron chi connectivity index (χ2n) is 6.71. The number of carbonyl (C=O) groups excluding carboxylic acids is 1. The van der Waals surface area contributed by atoms with Gasteiger partial charge in [-0.3, -0.25) is 9.69 Å². The third-order valence-corrected chi connectivity index (χ3v) is 4.53. The Hall–Kier alpha value is -1.63. The zero-order valence-electron chi connectivity index (χ0n) is 14.9. The van der Waals surface area contributed by atoms with Crippen LogP contribution in [0.15, 0.2) is 24.3 Å². The predicted molar refractivity (Wildman–Crippen MR) is 98.1 cm³/mol. The lowest BCUT2D eigenvalue weighted by atomic mass is 9.91. The average molecular weight is 371 g/mol. The van der Waals surface area contributed by atoms with Crippen molar-refractivity contribution < 1.29 is 19.4 Å². The maximum atomic E-state index is 11.8. The van der Waals surface area contributed by atoms with Gasteiger partial charge >= 0.3 is 5.97 Å². The van der Waals surface area contributed by atoms with E-state index in [9.17, 15) is 9.59 Å². The number of hydrogen-bond donors (Lipinski definition) is 2. The number of aromatic carboxylic acids is 1. The van der Waals surface area contributed by atoms with E-state index in [-0.39, 0.29) is 31.0 Å². The molecule has 1 amide bonds. The molecule has 0 aromatic heterocycles. The van der Waals surface area contributed by atoms with E-state index >= 15 is 0 Å². The molecule has 0 spiro atoms. The number of carboxylic acid groups (broad SMARTS) is 1. The molecule has 0 bridgehead atoms. The van der Waals surface area contributed by atoms with Gasteiger partial charge in [-0.25, -0.2) is 4.79 Å². The van der Waals surface area contributed by atoms with E-state index in [2.05, 4.69) is 24.1 Å². The van der Waals surface area contributed by atoms with Crippen molar-refractivity contribution >= 4 is 24.3 Å². The molecule has 0 saturated carbocycles. The topological polar surface area (TPSA) is 78.9 Å². The number of ether oxygens (including phenoxy) is 1. The number of nitrogens with zero attached hydrogens (tertiary/aromatic N) is 1. The fraction of sp³-hybridized carbons (Fsp3) is 0.556. The average Bonchev–Trinajstić information content (AvgIpc) is 2.90. The summed E-state index contributed by atoms with van der Waals surface area (Å²) in [5.74, 6) is -0.134. The lowest BCUT2D eigenvalue weighted by molar-refractivity contribution is -0.125. The van der Waals surface area contributed by atoms with Gasteiger partial charge in [0.2, 0.25) is 5.91 Å². The first-order chi connectivity index (χ1) is 11.4. The number of likely N-dealkylation sites (tertiary alicyclic amines) is 1. The van der Waals surface area contributed by atoms with Crippen molar-refractivity contribution in [2.24, 2.45) is 11.8 Å². The molecule has 0 unspecified atom stereocenters. The standard InChI is InChI=1S/C18H26N2O4.ClH/c1-12(2)15-9-20(10-16(15)19-17(21)11-24-3)8-13-4-6-14(7-5-13)18(22)23;/h4-7,12,15-16H,8-11H2,1-3H3,(H,19,21)(H,22,23);1H/t15-,16+;/m1./s1. The van der Waals surface area contributed by atoms with Crippen LogP contribution in [0.4, 0.5) is 0 Å². The van der Waals surface area contributed by atoms with Crippen LogP contribution in [0, 0.1) is 11.8 Å². The first-order valence-corrected chi connectivity index (χ1v) is 8.23. The van der Waals surface area contributed by atoms with Crippen LogP contribution in [-0.2, 0) is 16.1 Å². The Morgan fingerprint density at radius 2 is 1.92 bits per heavy atom. The Morgan fingerprint density at radius 3 is 2.44 bits per heavy atom. The number of methoxy groups -OCH3 is 1. The molecule has 7 heteroatoms. The van der Waals surface area contributed by atoms with Crippen molar-refractivity contribution in [1.82, 2.24) is 10.2 Å². The molecule has 1 saturated heterocycles. The molecule has 1 aromatic rings. The number of carboxylic acids is 1. The highest BCUT2D eigenvalue weighted by atomic mass is 35.5. The van der Waals surface area contributed by atoms with E-state index in [1.165, 1.54) is 7.11 Å². The summed E-state index contributed by atoms with van der Waals surface area (Å²) in [4.78, 5) is 25.0. The van der Waals surface area contributed by atoms with Crippen LogP contribution in [0.3, 0.4) is 0 Å². The lowest BCUT2D eigenvalue weighted by Crippen LogP contribution is -2.43. The van der Waals surface area contributed by atoms with Gasteiger partial charge in [-0.05, 0) is 29.5 Å². The summed E-state index contributed by atoms with van der Waals surface area (Å²) in [7, 11) is 1.52. The number of hydrogen-bond acceptors (Lipinski definition) is 4. The fourth-order valence-corrected chi connectivity index (χ4v) is 3.26. The molecular weight excluding hydrogens is 344 g/mol. The second-order valence-corrected chi connectivity index (χ2v) is 6.71. The van der Waals surface area contributed by atoms with Crippen LogP contribution in [0.1, 0.15) is 29.8 Å². The minimum Gasteiger partial charge on any atom is -0.478 e. The molecule has 0 aliphatic carbocycles. The van der Waals surface area contributed by atoms with E-state index in [0.29, 0.717) is 17.4 Å². The van der Waals surface area contributed by atoms with Crippen LogP contribution < -0.4 is 5.32 Å². The Balaban J connectivity index is 0.00000312. The van der Waals surface area contributed by atoms with Crippen LogP contribution in [-0.4, -0.2) is 54.7 Å². The van der Waals surface area contributed by atoms with Gasteiger partial charge in [0, 0.05) is 32.8 Å². The Morgan fingerprint density at radius 1 is 1.28 bits per heavy atom. The molecule has 1 aliphatic heterocycles. The third kappa shape index (κ3) is 5.99. The van der Waals surface area contributed by atoms with E-state index in [4.69, 9.17) is 9.84 Å². The van der Waals surface area contributed by atoms with Crippen molar-refractivity contribution in [3.05, 3.63) is 35.4 Å². The molecule has 2 N–H and O–H groups in total. The van der Waals surface area contributed by atoms with Gasteiger partial charge in [0.25, 0.3) is 0 Å². The molecule has 6 nitrogen and oxygen atoms in total. The van der Waals surface area contributed by atoms with Crippen LogP contribution >= 0.6 is 12.4 Å². The Bertz CT molecular complexity index is 577. The molecule has 1 aromatic carbocycles. The summed E-state index contributed by atoms with van der Waals surface area (Å²) in [6.07, 6.45) is 0. The number of carbonyl (C=O) groups is 2. The largest absolute Gasteiger partial charge is 0.478 e. The number of halogens is 1. The van der Waals surface area contributed by atoms with Gasteiger partial charge in [-0.1, -0.05) is 26.0 Å². The molecule has 1 aliphatic rings. The first kappa shape index (κ1) is 21.4. The smallest absolute Gasteiger partial charge is 0.335 e. The van der Waals surface area contributed by atoms with Crippen molar-refractivity contribution in [3.63, 3.8) is 0 Å². The minimum atomic E-state index is -0.913. The van der Waals surface area contributed by atoms with Crippen LogP contribution in [0.25, 0.3) is 0 Å². The summed E-state index contributed by atoms with van der Waals surface area (Å²) in [6, 6.07) is 7.08. The highest BCUT2D eigenvalue weighted by Gasteiger charge is 2.35. The highest BCUT2D eigenvalue weighted by Crippen LogP contribution is 2.26. The zero-order chi connectivity index (χ0) is 17.7. The number of rotatable bonds is 7. The molecule has 25 heavy (non-hydrogen) atoms. The van der Waals surface area contributed by atoms with E-state index < -0.39 is 5.97 Å². The lowest BCUT2D eigenvalue weighted by Gasteiger charge is -2.22. The van der Waals surface area contributed by atoms with E-state index in [1.807, 2.05) is 12.1 Å². The molecular formula is C18H27ClN2O4. The molecule has 1 fully saturated rings. The van der Waals surface area contributed by atoms with Gasteiger partial charge in [0.05, 0.1) is 5.56 Å². The molecule has 140 valence electrons. The van der Waals surface area contributed by atoms with Crippen molar-refractivity contribution in [1.29, 1.82) is 0 Å². The molecule has 1 heterocycles. The van der Waals surface area contributed by atoms with Crippen LogP contribution in [0.2, 0.25) is 0 Å². The van der Waals surface area contributed by atoms with E-state index in [1.54, 1.807) is 12.1 Å². The predicted octanol–water partition coefficient (Wildman–Crippen LogP) is 2.03. The minimum absolute atomic E-state index is 0. The first-order valence-electron chi connectivity index (χ1n) is 8.23. The van der Waals surface area contributed by atoms with Gasteiger partial charge in [0.15, 0.2) is 0 Å². The maximum absolute atomic E-state index is 11.8. The second kappa shape index (κ2) is 9.75. The normalized spacial score (nSPS) is 20.3. The Labute approximate surface area is 154 Å². The number of benzene rings is 1. The van der Waals surface area contributed by atoms with Crippen molar-refractivity contribution in [3.8, 4) is 0 Å². The quantitative estimate of drug-likeness (QED) is 0.767. The van der Waals surface area contributed by atoms with Crippen molar-refractivity contribution in [2.45, 2.75) is 26.4 Å². The summed E-state index contributed by atoms with van der Waals surface area (Å²) in [5, 5.41) is 12.0. The summed E-state index contributed by atoms with van der Waals surface area (Å²) < 4.78 is 4.89. The highest BCUT2D eigenvalue weighted by molar-refractivity contribution is 5.87. The van der Waals surface area contributed by atoms with Gasteiger partial charge in [-0.2, -0.15) is 0 Å². The van der Waals surface area contributed by atoms with Gasteiger partial charge < -0.3 is 15.2 Å². The zero-order valence-corrected chi connectivity index (χ0v) is 15.7. The van der Waals surface area contributed by atoms with Crippen LogP contribution in [0.5, 0.6) is 0 Å². The van der Waals surface area contributed by atoms with Gasteiger partial charge in [0.1, 0.15) is 6.61 Å². The monoisotopic (exact) mass is 370 g/mol. The molecule has 2 atom stereocenters. The Kier molecular flexibility index (Phi) is 8.35. The van der Waals surface area contributed by atoms with E-state index in [0.717, 1.165) is 25.2 Å². The summed E-state index contributed by atoms with van der Waals surface area (Å²) >= 11 is 0. The molecule has 0 radical (unpaired) electrons. The number of amides is 1. The van der Waals surface area contributed by atoms with Crippen molar-refractivity contribution in [2.75, 3.05) is 26.8 Å². The summed E-state index contributed by atoms with van der Waals surface area (Å²) in [6.45, 7) is 6.88. The third-order valence-electron chi connectivity index (χ3n) is 4.53. The summed E-state index contributed by atoms with van der Waals surface area (Å²) in [5.41, 5.74) is 1.37. The van der Waals surface area contributed by atoms with Gasteiger partial charge in [-0.15, -0.1) is 12.4 Å². The SMILES string of the molecule is COCC(=O)N[C@H]1CN(Cc2ccc(C(=O)O)cc2)C[C@@H]1C(C)C.Cl. The number of nitrogens with one attached hydrogen (secondary N) is 1. The maximum Gasteiger partial charge on any atom is 0.335 e. The molecule has 2 rings (SSSR count). The fourth-order valence-electron chi connectivity index (χ4n) is 3.26.